The quantitative estimate of drug-likeness (QED) is 0.629. The second kappa shape index (κ2) is 25.0. The summed E-state index contributed by atoms with van der Waals surface area (Å²) in [5.41, 5.74) is 0. The van der Waals surface area contributed by atoms with E-state index in [9.17, 15) is 0 Å². The Morgan fingerprint density at radius 3 is 1.75 bits per heavy atom. The van der Waals surface area contributed by atoms with Gasteiger partial charge in [0.05, 0.1) is 0 Å². The maximum Gasteiger partial charge on any atom is 0.0428 e. The number of hydrogen-bond donors (Lipinski definition) is 1. The van der Waals surface area contributed by atoms with E-state index < -0.39 is 0 Å². The molecule has 0 amide bonds. The van der Waals surface area contributed by atoms with Gasteiger partial charge in [0.2, 0.25) is 0 Å². The molecule has 0 aliphatic rings. The molecule has 0 atom stereocenters. The van der Waals surface area contributed by atoms with Crippen LogP contribution in [0.15, 0.2) is 0 Å². The van der Waals surface area contributed by atoms with Gasteiger partial charge in [-0.2, -0.15) is 0 Å². The minimum atomic E-state index is 0. The second-order valence-electron chi connectivity index (χ2n) is 1.01. The third-order valence-corrected chi connectivity index (χ3v) is 0.224. The van der Waals surface area contributed by atoms with Gasteiger partial charge >= 0.3 is 0 Å². The van der Waals surface area contributed by atoms with E-state index in [-0.39, 0.29) is 26.2 Å². The predicted octanol–water partition coefficient (Wildman–Crippen LogP) is 0.811. The van der Waals surface area contributed by atoms with Crippen molar-refractivity contribution in [1.29, 1.82) is 0 Å². The zero-order valence-corrected chi connectivity index (χ0v) is 7.93. The summed E-state index contributed by atoms with van der Waals surface area (Å²) in [6, 6.07) is 0. The van der Waals surface area contributed by atoms with Gasteiger partial charge in [-0.05, 0) is 13.5 Å². The van der Waals surface area contributed by atoms with Gasteiger partial charge in [0.15, 0.2) is 0 Å². The van der Waals surface area contributed by atoms with Crippen LogP contribution >= 0.6 is 0 Å². The molecule has 0 saturated heterocycles. The van der Waals surface area contributed by atoms with Crippen molar-refractivity contribution in [2.24, 2.45) is 0 Å². The van der Waals surface area contributed by atoms with Gasteiger partial charge in [-0.15, -0.1) is 0 Å². The minimum Gasteiger partial charge on any atom is -0.557 e. The zero-order chi connectivity index (χ0) is 6.12. The van der Waals surface area contributed by atoms with Crippen molar-refractivity contribution >= 4 is 0 Å². The molecule has 1 N–H and O–H groups in total. The molecule has 0 heterocycles. The molecule has 0 aliphatic heterocycles. The van der Waals surface area contributed by atoms with Gasteiger partial charge in [0, 0.05) is 32.8 Å². The Bertz CT molecular complexity index is 17.9. The smallest absolute Gasteiger partial charge is 0.0428 e. The molecule has 0 aliphatic carbocycles. The van der Waals surface area contributed by atoms with Gasteiger partial charge in [-0.1, -0.05) is 6.92 Å². The average molecular weight is 196 g/mol. The van der Waals surface area contributed by atoms with E-state index in [0.717, 1.165) is 6.42 Å². The van der Waals surface area contributed by atoms with Crippen LogP contribution in [-0.4, -0.2) is 18.8 Å². The molecule has 0 unspecified atom stereocenters. The summed E-state index contributed by atoms with van der Waals surface area (Å²) in [7, 11) is 4.50. The fourth-order valence-corrected chi connectivity index (χ4v) is 0. The molecule has 0 aromatic carbocycles. The second-order valence-corrected chi connectivity index (χ2v) is 1.01. The molecule has 2 nitrogen and oxygen atoms in total. The Kier molecular flexibility index (Phi) is 49.7. The van der Waals surface area contributed by atoms with Crippen LogP contribution in [0.3, 0.4) is 0 Å². The predicted molar refractivity (Wildman–Crippen MR) is 29.7 cm³/mol. The molecule has 0 aromatic rings. The van der Waals surface area contributed by atoms with Crippen LogP contribution in [0.2, 0.25) is 0 Å². The van der Waals surface area contributed by atoms with Crippen LogP contribution in [0.4, 0.5) is 0 Å². The Morgan fingerprint density at radius 1 is 1.62 bits per heavy atom. The van der Waals surface area contributed by atoms with Crippen LogP contribution in [-0.2, 0) is 30.9 Å². The van der Waals surface area contributed by atoms with Gasteiger partial charge in [-0.25, -0.2) is 7.11 Å². The van der Waals surface area contributed by atoms with Gasteiger partial charge < -0.3 is 9.84 Å². The molecule has 0 spiro atoms. The monoisotopic (exact) mass is 195 g/mol. The van der Waals surface area contributed by atoms with Crippen molar-refractivity contribution in [3.63, 3.8) is 0 Å². The summed E-state index contributed by atoms with van der Waals surface area (Å²) < 4.78 is 4.00. The standard InChI is InChI=1S/C3H8O.C2H5O.Zr/c1-2-3-4;1-3-2;/h4H,2-3H2,1H3;1H2,2H3;/q;-1;. The maximum absolute atomic E-state index is 7.88. The summed E-state index contributed by atoms with van der Waals surface area (Å²) in [4.78, 5) is 0. The van der Waals surface area contributed by atoms with E-state index in [4.69, 9.17) is 5.11 Å². The fraction of sp³-hybridized carbons (Fsp3) is 0.800. The summed E-state index contributed by atoms with van der Waals surface area (Å²) in [5.74, 6) is 0. The molecule has 3 heteroatoms. The molecule has 0 bridgehead atoms. The topological polar surface area (TPSA) is 29.5 Å². The molecule has 0 radical (unpaired) electrons. The number of aliphatic hydroxyl groups excluding tert-OH is 1. The van der Waals surface area contributed by atoms with Crippen LogP contribution in [0.25, 0.3) is 0 Å². The summed E-state index contributed by atoms with van der Waals surface area (Å²) in [5, 5.41) is 7.88. The zero-order valence-electron chi connectivity index (χ0n) is 5.48. The van der Waals surface area contributed by atoms with Crippen molar-refractivity contribution in [2.45, 2.75) is 13.3 Å². The Balaban J connectivity index is -0.0000000575. The van der Waals surface area contributed by atoms with Crippen LogP contribution < -0.4 is 0 Å². The number of hydrogen-bond acceptors (Lipinski definition) is 2. The molecule has 8 heavy (non-hydrogen) atoms. The van der Waals surface area contributed by atoms with Crippen molar-refractivity contribution in [1.82, 2.24) is 0 Å². The Hall–Kier alpha value is 0.803. The van der Waals surface area contributed by atoms with Gasteiger partial charge in [0.1, 0.15) is 0 Å². The summed E-state index contributed by atoms with van der Waals surface area (Å²) >= 11 is 0. The van der Waals surface area contributed by atoms with E-state index in [1.165, 1.54) is 7.11 Å². The number of rotatable bonds is 1. The first-order chi connectivity index (χ1) is 3.33. The molecular formula is C5H13O2Zr-. The maximum atomic E-state index is 7.88. The fourth-order valence-electron chi connectivity index (χ4n) is 0. The van der Waals surface area contributed by atoms with E-state index in [2.05, 4.69) is 11.8 Å². The molecule has 50 valence electrons. The van der Waals surface area contributed by atoms with Gasteiger partial charge in [-0.3, -0.25) is 0 Å². The van der Waals surface area contributed by atoms with Crippen LogP contribution in [0.5, 0.6) is 0 Å². The Morgan fingerprint density at radius 2 is 1.75 bits per heavy atom. The summed E-state index contributed by atoms with van der Waals surface area (Å²) in [6.07, 6.45) is 0.875. The van der Waals surface area contributed by atoms with Crippen LogP contribution in [0, 0.1) is 7.11 Å². The number of aliphatic hydroxyl groups is 1. The summed E-state index contributed by atoms with van der Waals surface area (Å²) in [6.45, 7) is 2.25. The molecule has 0 aromatic heterocycles. The van der Waals surface area contributed by atoms with Gasteiger partial charge in [0.25, 0.3) is 0 Å². The van der Waals surface area contributed by atoms with Crippen molar-refractivity contribution in [3.05, 3.63) is 7.11 Å². The van der Waals surface area contributed by atoms with Crippen molar-refractivity contribution in [2.75, 3.05) is 13.7 Å². The van der Waals surface area contributed by atoms with Crippen molar-refractivity contribution < 1.29 is 36.0 Å². The third-order valence-electron chi connectivity index (χ3n) is 0.224. The first-order valence-corrected chi connectivity index (χ1v) is 2.22. The largest absolute Gasteiger partial charge is 0.557 e. The Labute approximate surface area is 70.4 Å². The molecular weight excluding hydrogens is 183 g/mol. The van der Waals surface area contributed by atoms with E-state index in [1.54, 1.807) is 0 Å². The normalized spacial score (nSPS) is 6.00. The molecule has 0 saturated carbocycles. The SMILES string of the molecule is CCCO.[CH2-]OC.[Zr]. The molecule has 0 fully saturated rings. The number of ether oxygens (including phenoxy) is 1. The average Bonchev–Trinajstić information content (AvgIpc) is 1.69. The van der Waals surface area contributed by atoms with E-state index in [0.29, 0.717) is 6.61 Å². The van der Waals surface area contributed by atoms with Crippen LogP contribution in [0.1, 0.15) is 13.3 Å². The van der Waals surface area contributed by atoms with E-state index in [1.807, 2.05) is 6.92 Å². The first-order valence-electron chi connectivity index (χ1n) is 2.22. The third kappa shape index (κ3) is 70.5. The first kappa shape index (κ1) is 15.9. The van der Waals surface area contributed by atoms with Crippen molar-refractivity contribution in [3.8, 4) is 0 Å². The number of methoxy groups -OCH3 is 1. The minimum absolute atomic E-state index is 0. The van der Waals surface area contributed by atoms with E-state index >= 15 is 0 Å². The molecule has 0 rings (SSSR count).